The van der Waals surface area contributed by atoms with Crippen molar-refractivity contribution in [2.24, 2.45) is 0 Å². The maximum atomic E-state index is 13.2. The van der Waals surface area contributed by atoms with Crippen LogP contribution in [0.25, 0.3) is 16.8 Å². The topological polar surface area (TPSA) is 59.3 Å². The van der Waals surface area contributed by atoms with Gasteiger partial charge >= 0.3 is 0 Å². The number of anilines is 1. The molecule has 0 aliphatic rings. The fraction of sp³-hybridized carbons (Fsp3) is 0.0952. The molecule has 4 rings (SSSR count). The Kier molecular flexibility index (Phi) is 5.08. The van der Waals surface area contributed by atoms with Gasteiger partial charge in [-0.2, -0.15) is 5.10 Å². The van der Waals surface area contributed by atoms with E-state index in [1.54, 1.807) is 29.0 Å². The number of fused-ring (bicyclic) bond motifs is 1. The van der Waals surface area contributed by atoms with E-state index in [-0.39, 0.29) is 17.5 Å². The minimum atomic E-state index is -0.389. The second-order valence-electron chi connectivity index (χ2n) is 6.31. The highest BCUT2D eigenvalue weighted by atomic mass is 32.2. The summed E-state index contributed by atoms with van der Waals surface area (Å²) in [5.74, 6) is -0.453. The van der Waals surface area contributed by atoms with Gasteiger partial charge in [0.15, 0.2) is 0 Å². The van der Waals surface area contributed by atoms with E-state index in [2.05, 4.69) is 15.4 Å². The molecule has 4 aromatic rings. The molecule has 0 saturated heterocycles. The minimum absolute atomic E-state index is 0.161. The lowest BCUT2D eigenvalue weighted by Gasteiger charge is -2.05. The summed E-state index contributed by atoms with van der Waals surface area (Å²) in [5.41, 5.74) is 4.33. The first-order valence-corrected chi connectivity index (χ1v) is 9.67. The van der Waals surface area contributed by atoms with E-state index in [4.69, 9.17) is 0 Å². The van der Waals surface area contributed by atoms with Crippen molar-refractivity contribution in [1.82, 2.24) is 14.6 Å². The molecule has 0 atom stereocenters. The Morgan fingerprint density at radius 3 is 2.79 bits per heavy atom. The third kappa shape index (κ3) is 4.04. The lowest BCUT2D eigenvalue weighted by molar-refractivity contribution is -0.113. The van der Waals surface area contributed by atoms with E-state index >= 15 is 0 Å². The van der Waals surface area contributed by atoms with Gasteiger partial charge in [-0.05, 0) is 31.2 Å². The number of nitrogens with one attached hydrogen (secondary N) is 1. The number of thioether (sulfide) groups is 1. The number of halogens is 1. The molecule has 0 bridgehead atoms. The molecule has 5 nitrogen and oxygen atoms in total. The van der Waals surface area contributed by atoms with Crippen LogP contribution in [0.1, 0.15) is 5.56 Å². The van der Waals surface area contributed by atoms with Gasteiger partial charge in [-0.15, -0.1) is 0 Å². The number of aromatic nitrogens is 3. The SMILES string of the molecule is Cc1ccc(-c2cc3c(SCC(=O)Nc4cccc(F)c4)nccn3n2)cc1. The minimum Gasteiger partial charge on any atom is -0.325 e. The third-order valence-electron chi connectivity index (χ3n) is 4.15. The molecule has 2 aromatic heterocycles. The summed E-state index contributed by atoms with van der Waals surface area (Å²) in [6.07, 6.45) is 3.44. The molecule has 7 heteroatoms. The Labute approximate surface area is 165 Å². The molecule has 0 aliphatic heterocycles. The van der Waals surface area contributed by atoms with Crippen LogP contribution in [0.2, 0.25) is 0 Å². The first-order chi connectivity index (χ1) is 13.6. The molecule has 0 spiro atoms. The number of rotatable bonds is 5. The van der Waals surface area contributed by atoms with Crippen molar-refractivity contribution >= 4 is 28.9 Å². The monoisotopic (exact) mass is 392 g/mol. The van der Waals surface area contributed by atoms with Crippen LogP contribution >= 0.6 is 11.8 Å². The van der Waals surface area contributed by atoms with Gasteiger partial charge in [0.25, 0.3) is 0 Å². The van der Waals surface area contributed by atoms with E-state index in [1.165, 1.54) is 29.5 Å². The number of aryl methyl sites for hydroxylation is 1. The first kappa shape index (κ1) is 18.2. The molecule has 0 radical (unpaired) electrons. The van der Waals surface area contributed by atoms with Crippen LogP contribution in [0, 0.1) is 12.7 Å². The fourth-order valence-corrected chi connectivity index (χ4v) is 3.55. The molecule has 140 valence electrons. The molecule has 2 aromatic carbocycles. The average Bonchev–Trinajstić information content (AvgIpc) is 3.12. The van der Waals surface area contributed by atoms with Gasteiger partial charge < -0.3 is 5.32 Å². The zero-order valence-corrected chi connectivity index (χ0v) is 15.9. The zero-order chi connectivity index (χ0) is 19.5. The summed E-state index contributed by atoms with van der Waals surface area (Å²) in [7, 11) is 0. The van der Waals surface area contributed by atoms with E-state index in [0.29, 0.717) is 10.7 Å². The number of carbonyl (C=O) groups excluding carboxylic acids is 1. The van der Waals surface area contributed by atoms with Crippen LogP contribution < -0.4 is 5.32 Å². The van der Waals surface area contributed by atoms with E-state index < -0.39 is 0 Å². The Hall–Kier alpha value is -3.19. The molecule has 0 fully saturated rings. The molecule has 1 amide bonds. The van der Waals surface area contributed by atoms with Crippen molar-refractivity contribution in [3.8, 4) is 11.3 Å². The smallest absolute Gasteiger partial charge is 0.234 e. The maximum Gasteiger partial charge on any atom is 0.234 e. The second kappa shape index (κ2) is 7.82. The van der Waals surface area contributed by atoms with Crippen molar-refractivity contribution < 1.29 is 9.18 Å². The highest BCUT2D eigenvalue weighted by molar-refractivity contribution is 8.00. The number of hydrogen-bond acceptors (Lipinski definition) is 4. The van der Waals surface area contributed by atoms with Crippen LogP contribution in [0.15, 0.2) is 72.0 Å². The quantitative estimate of drug-likeness (QED) is 0.505. The largest absolute Gasteiger partial charge is 0.325 e. The molecular weight excluding hydrogens is 375 g/mol. The average molecular weight is 392 g/mol. The molecule has 0 saturated carbocycles. The van der Waals surface area contributed by atoms with Crippen molar-refractivity contribution in [1.29, 1.82) is 0 Å². The molecule has 1 N–H and O–H groups in total. The Balaban J connectivity index is 1.50. The van der Waals surface area contributed by atoms with Crippen molar-refractivity contribution in [3.05, 3.63) is 78.4 Å². The molecule has 0 aliphatic carbocycles. The molecule has 0 unspecified atom stereocenters. The third-order valence-corrected chi connectivity index (χ3v) is 5.14. The lowest BCUT2D eigenvalue weighted by atomic mass is 10.1. The van der Waals surface area contributed by atoms with Gasteiger partial charge in [0.1, 0.15) is 10.8 Å². The van der Waals surface area contributed by atoms with Gasteiger partial charge in [0.2, 0.25) is 5.91 Å². The number of amides is 1. The number of carbonyl (C=O) groups is 1. The molecular formula is C21H17FN4OS. The van der Waals surface area contributed by atoms with Crippen molar-refractivity contribution in [3.63, 3.8) is 0 Å². The fourth-order valence-electron chi connectivity index (χ4n) is 2.77. The maximum absolute atomic E-state index is 13.2. The van der Waals surface area contributed by atoms with Gasteiger partial charge in [-0.3, -0.25) is 4.79 Å². The number of hydrogen-bond donors (Lipinski definition) is 1. The standard InChI is InChI=1S/C21H17FN4OS/c1-14-5-7-15(8-6-14)18-12-19-21(23-9-10-26(19)25-18)28-13-20(27)24-17-4-2-3-16(22)11-17/h2-12H,13H2,1H3,(H,24,27). The lowest BCUT2D eigenvalue weighted by Crippen LogP contribution is -2.14. The summed E-state index contributed by atoms with van der Waals surface area (Å²) in [5, 5.41) is 8.00. The van der Waals surface area contributed by atoms with Gasteiger partial charge in [0.05, 0.1) is 17.0 Å². The highest BCUT2D eigenvalue weighted by Gasteiger charge is 2.11. The predicted octanol–water partition coefficient (Wildman–Crippen LogP) is 4.57. The first-order valence-electron chi connectivity index (χ1n) is 8.68. The van der Waals surface area contributed by atoms with E-state index in [9.17, 15) is 9.18 Å². The van der Waals surface area contributed by atoms with E-state index in [1.807, 2.05) is 37.3 Å². The van der Waals surface area contributed by atoms with Gasteiger partial charge in [-0.25, -0.2) is 13.9 Å². The van der Waals surface area contributed by atoms with Crippen LogP contribution in [0.4, 0.5) is 10.1 Å². The Morgan fingerprint density at radius 1 is 1.18 bits per heavy atom. The summed E-state index contributed by atoms with van der Waals surface area (Å²) in [4.78, 5) is 16.6. The zero-order valence-electron chi connectivity index (χ0n) is 15.1. The van der Waals surface area contributed by atoms with Crippen LogP contribution in [0.3, 0.4) is 0 Å². The predicted molar refractivity (Wildman–Crippen MR) is 109 cm³/mol. The molecule has 2 heterocycles. The number of nitrogens with zero attached hydrogens (tertiary/aromatic N) is 3. The van der Waals surface area contributed by atoms with Gasteiger partial charge in [0, 0.05) is 23.6 Å². The van der Waals surface area contributed by atoms with Gasteiger partial charge in [-0.1, -0.05) is 47.7 Å². The van der Waals surface area contributed by atoms with Crippen molar-refractivity contribution in [2.45, 2.75) is 11.9 Å². The van der Waals surface area contributed by atoms with Crippen LogP contribution in [-0.4, -0.2) is 26.3 Å². The Morgan fingerprint density at radius 2 is 2.00 bits per heavy atom. The van der Waals surface area contributed by atoms with Crippen molar-refractivity contribution in [2.75, 3.05) is 11.1 Å². The normalized spacial score (nSPS) is 10.9. The highest BCUT2D eigenvalue weighted by Crippen LogP contribution is 2.26. The van der Waals surface area contributed by atoms with Crippen LogP contribution in [0.5, 0.6) is 0 Å². The number of benzene rings is 2. The summed E-state index contributed by atoms with van der Waals surface area (Å²) >= 11 is 1.31. The van der Waals surface area contributed by atoms with Crippen LogP contribution in [-0.2, 0) is 4.79 Å². The summed E-state index contributed by atoms with van der Waals surface area (Å²) in [6.45, 7) is 2.04. The second-order valence-corrected chi connectivity index (χ2v) is 7.27. The van der Waals surface area contributed by atoms with E-state index in [0.717, 1.165) is 16.8 Å². The summed E-state index contributed by atoms with van der Waals surface area (Å²) in [6, 6.07) is 15.9. The molecule has 28 heavy (non-hydrogen) atoms. The Bertz CT molecular complexity index is 1140. The summed E-state index contributed by atoms with van der Waals surface area (Å²) < 4.78 is 15.0.